The van der Waals surface area contributed by atoms with E-state index in [-0.39, 0.29) is 12.6 Å². The van der Waals surface area contributed by atoms with Gasteiger partial charge in [-0.2, -0.15) is 0 Å². The predicted octanol–water partition coefficient (Wildman–Crippen LogP) is -0.718. The van der Waals surface area contributed by atoms with Gasteiger partial charge >= 0.3 is 5.97 Å². The number of likely N-dealkylation sites (N-methyl/N-ethyl adjacent to an activating group) is 1. The second-order valence-corrected chi connectivity index (χ2v) is 4.04. The Balaban J connectivity index is 2.75. The summed E-state index contributed by atoms with van der Waals surface area (Å²) < 4.78 is 5.15. The average Bonchev–Trinajstić information content (AvgIpc) is 2.65. The van der Waals surface area contributed by atoms with E-state index in [0.29, 0.717) is 13.0 Å². The quantitative estimate of drug-likeness (QED) is 0.650. The van der Waals surface area contributed by atoms with E-state index in [1.165, 1.54) is 0 Å². The Morgan fingerprint density at radius 1 is 1.56 bits per heavy atom. The molecule has 3 unspecified atom stereocenters. The van der Waals surface area contributed by atoms with Crippen LogP contribution < -0.4 is 5.73 Å². The van der Waals surface area contributed by atoms with Gasteiger partial charge in [-0.3, -0.25) is 14.5 Å². The molecule has 0 saturated carbocycles. The maximum absolute atomic E-state index is 11.2. The molecule has 1 fully saturated rings. The zero-order valence-electron chi connectivity index (χ0n) is 9.55. The maximum atomic E-state index is 11.2. The second-order valence-electron chi connectivity index (χ2n) is 4.04. The number of ether oxygens (including phenoxy) is 1. The van der Waals surface area contributed by atoms with Gasteiger partial charge in [-0.1, -0.05) is 6.92 Å². The fourth-order valence-corrected chi connectivity index (χ4v) is 2.10. The number of amides is 1. The van der Waals surface area contributed by atoms with Crippen molar-refractivity contribution in [2.75, 3.05) is 20.3 Å². The molecule has 1 amide bonds. The summed E-state index contributed by atoms with van der Waals surface area (Å²) >= 11 is 0. The average molecular weight is 230 g/mol. The summed E-state index contributed by atoms with van der Waals surface area (Å²) in [6.45, 7) is 2.37. The van der Waals surface area contributed by atoms with Gasteiger partial charge in [-0.15, -0.1) is 0 Å². The van der Waals surface area contributed by atoms with Crippen molar-refractivity contribution in [3.05, 3.63) is 0 Å². The Bertz CT molecular complexity index is 282. The number of carbonyl (C=O) groups is 2. The first kappa shape index (κ1) is 12.9. The monoisotopic (exact) mass is 230 g/mol. The first-order chi connectivity index (χ1) is 7.49. The summed E-state index contributed by atoms with van der Waals surface area (Å²) in [5.41, 5.74) is 5.27. The van der Waals surface area contributed by atoms with Crippen molar-refractivity contribution in [2.45, 2.75) is 25.4 Å². The lowest BCUT2D eigenvalue weighted by Crippen LogP contribution is -2.51. The van der Waals surface area contributed by atoms with E-state index in [4.69, 9.17) is 15.6 Å². The van der Waals surface area contributed by atoms with Gasteiger partial charge < -0.3 is 15.6 Å². The standard InChI is InChI=1S/C10H18N2O4/c1-3-7(9(11)13)12(2)8-5-16-4-6(8)10(14)15/h6-8H,3-5H2,1-2H3,(H2,11,13)(H,14,15). The number of aliphatic carboxylic acids is 1. The lowest BCUT2D eigenvalue weighted by Gasteiger charge is -2.31. The third kappa shape index (κ3) is 2.51. The molecule has 92 valence electrons. The van der Waals surface area contributed by atoms with Crippen LogP contribution in [0.1, 0.15) is 13.3 Å². The molecule has 6 nitrogen and oxygen atoms in total. The van der Waals surface area contributed by atoms with Gasteiger partial charge in [0.1, 0.15) is 0 Å². The number of rotatable bonds is 5. The van der Waals surface area contributed by atoms with Crippen LogP contribution >= 0.6 is 0 Å². The molecule has 1 saturated heterocycles. The van der Waals surface area contributed by atoms with Crippen LogP contribution in [0.25, 0.3) is 0 Å². The molecule has 0 aromatic heterocycles. The van der Waals surface area contributed by atoms with Crippen LogP contribution in [0.2, 0.25) is 0 Å². The van der Waals surface area contributed by atoms with Gasteiger partial charge in [0.2, 0.25) is 5.91 Å². The van der Waals surface area contributed by atoms with Gasteiger partial charge in [0.05, 0.1) is 25.2 Å². The Hall–Kier alpha value is -1.14. The highest BCUT2D eigenvalue weighted by Crippen LogP contribution is 2.21. The highest BCUT2D eigenvalue weighted by molar-refractivity contribution is 5.80. The summed E-state index contributed by atoms with van der Waals surface area (Å²) in [6, 6.07) is -0.719. The molecule has 3 N–H and O–H groups in total. The first-order valence-electron chi connectivity index (χ1n) is 5.30. The molecule has 0 bridgehead atoms. The highest BCUT2D eigenvalue weighted by Gasteiger charge is 2.39. The fourth-order valence-electron chi connectivity index (χ4n) is 2.10. The van der Waals surface area contributed by atoms with Crippen molar-refractivity contribution in [1.82, 2.24) is 4.90 Å². The highest BCUT2D eigenvalue weighted by atomic mass is 16.5. The van der Waals surface area contributed by atoms with Crippen LogP contribution in [-0.4, -0.2) is 54.2 Å². The van der Waals surface area contributed by atoms with Crippen LogP contribution in [0.4, 0.5) is 0 Å². The van der Waals surface area contributed by atoms with Crippen molar-refractivity contribution < 1.29 is 19.4 Å². The number of carboxylic acid groups (broad SMARTS) is 1. The van der Waals surface area contributed by atoms with E-state index < -0.39 is 23.8 Å². The van der Waals surface area contributed by atoms with Gasteiger partial charge in [0, 0.05) is 6.04 Å². The van der Waals surface area contributed by atoms with Gasteiger partial charge in [-0.25, -0.2) is 0 Å². The first-order valence-corrected chi connectivity index (χ1v) is 5.30. The Labute approximate surface area is 94.3 Å². The molecule has 1 aliphatic heterocycles. The summed E-state index contributed by atoms with van der Waals surface area (Å²) in [6.07, 6.45) is 0.564. The molecular weight excluding hydrogens is 212 g/mol. The molecule has 6 heteroatoms. The van der Waals surface area contributed by atoms with E-state index in [1.54, 1.807) is 11.9 Å². The summed E-state index contributed by atoms with van der Waals surface area (Å²) in [7, 11) is 1.72. The van der Waals surface area contributed by atoms with Gasteiger partial charge in [0.15, 0.2) is 0 Å². The van der Waals surface area contributed by atoms with E-state index in [0.717, 1.165) is 0 Å². The van der Waals surface area contributed by atoms with E-state index in [9.17, 15) is 9.59 Å². The lowest BCUT2D eigenvalue weighted by molar-refractivity contribution is -0.144. The Kier molecular flexibility index (Phi) is 4.26. The van der Waals surface area contributed by atoms with Crippen LogP contribution in [-0.2, 0) is 14.3 Å². The van der Waals surface area contributed by atoms with E-state index in [1.807, 2.05) is 6.92 Å². The Morgan fingerprint density at radius 2 is 2.19 bits per heavy atom. The molecule has 1 aliphatic rings. The molecule has 0 spiro atoms. The van der Waals surface area contributed by atoms with Crippen molar-refractivity contribution >= 4 is 11.9 Å². The maximum Gasteiger partial charge on any atom is 0.310 e. The van der Waals surface area contributed by atoms with Crippen LogP contribution in [0.3, 0.4) is 0 Å². The Morgan fingerprint density at radius 3 is 2.62 bits per heavy atom. The van der Waals surface area contributed by atoms with E-state index in [2.05, 4.69) is 0 Å². The minimum absolute atomic E-state index is 0.194. The number of carbonyl (C=O) groups excluding carboxylic acids is 1. The number of nitrogens with two attached hydrogens (primary N) is 1. The number of nitrogens with zero attached hydrogens (tertiary/aromatic N) is 1. The molecule has 0 aromatic rings. The minimum Gasteiger partial charge on any atom is -0.481 e. The van der Waals surface area contributed by atoms with Gasteiger partial charge in [0.25, 0.3) is 0 Å². The smallest absolute Gasteiger partial charge is 0.310 e. The number of carboxylic acids is 1. The van der Waals surface area contributed by atoms with Crippen molar-refractivity contribution in [1.29, 1.82) is 0 Å². The fraction of sp³-hybridized carbons (Fsp3) is 0.800. The SMILES string of the molecule is CCC(C(N)=O)N(C)C1COCC1C(=O)O. The summed E-state index contributed by atoms with van der Waals surface area (Å²) in [5, 5.41) is 9.00. The van der Waals surface area contributed by atoms with Crippen LogP contribution in [0.15, 0.2) is 0 Å². The molecule has 1 rings (SSSR count). The molecule has 0 aromatic carbocycles. The van der Waals surface area contributed by atoms with Crippen LogP contribution in [0, 0.1) is 5.92 Å². The molecule has 0 radical (unpaired) electrons. The predicted molar refractivity (Wildman–Crippen MR) is 56.8 cm³/mol. The molecule has 0 aliphatic carbocycles. The zero-order valence-corrected chi connectivity index (χ0v) is 9.55. The molecule has 16 heavy (non-hydrogen) atoms. The number of primary amides is 1. The third-order valence-corrected chi connectivity index (χ3v) is 3.10. The third-order valence-electron chi connectivity index (χ3n) is 3.10. The minimum atomic E-state index is -0.895. The zero-order chi connectivity index (χ0) is 12.3. The number of hydrogen-bond acceptors (Lipinski definition) is 4. The lowest BCUT2D eigenvalue weighted by atomic mass is 10.0. The molecular formula is C10H18N2O4. The van der Waals surface area contributed by atoms with Crippen molar-refractivity contribution in [3.63, 3.8) is 0 Å². The molecule has 1 heterocycles. The largest absolute Gasteiger partial charge is 0.481 e. The second kappa shape index (κ2) is 5.27. The van der Waals surface area contributed by atoms with Crippen LogP contribution in [0.5, 0.6) is 0 Å². The van der Waals surface area contributed by atoms with Crippen molar-refractivity contribution in [2.24, 2.45) is 11.7 Å². The number of hydrogen-bond donors (Lipinski definition) is 2. The van der Waals surface area contributed by atoms with Gasteiger partial charge in [-0.05, 0) is 13.5 Å². The summed E-state index contributed by atoms with van der Waals surface area (Å²) in [4.78, 5) is 23.9. The normalized spacial score (nSPS) is 26.9. The van der Waals surface area contributed by atoms with Crippen molar-refractivity contribution in [3.8, 4) is 0 Å². The van der Waals surface area contributed by atoms with E-state index >= 15 is 0 Å². The summed E-state index contributed by atoms with van der Waals surface area (Å²) in [5.74, 6) is -1.91. The molecule has 3 atom stereocenters. The topological polar surface area (TPSA) is 92.9 Å².